The normalized spacial score (nSPS) is 13.5. The van der Waals surface area contributed by atoms with Gasteiger partial charge in [-0.25, -0.2) is 0 Å². The van der Waals surface area contributed by atoms with E-state index >= 15 is 0 Å². The monoisotopic (exact) mass is 260 g/mol. The molecule has 1 nitrogen and oxygen atoms in total. The fourth-order valence-electron chi connectivity index (χ4n) is 0.885. The molecule has 70 valence electrons. The van der Waals surface area contributed by atoms with Gasteiger partial charge in [0, 0.05) is 9.50 Å². The Morgan fingerprint density at radius 3 is 2.85 bits per heavy atom. The first kappa shape index (κ1) is 10.8. The van der Waals surface area contributed by atoms with Crippen LogP contribution in [0.4, 0.5) is 0 Å². The standard InChI is InChI=1S/C10H10BrClO/c1-7(13)2-3-8-6-9(11)4-5-10(8)12/h2-7,13H,1H3/b3-2+. The molecule has 1 aromatic rings. The van der Waals surface area contributed by atoms with Crippen LogP contribution < -0.4 is 0 Å². The summed E-state index contributed by atoms with van der Waals surface area (Å²) in [4.78, 5) is 0. The smallest absolute Gasteiger partial charge is 0.0696 e. The molecular formula is C10H10BrClO. The maximum Gasteiger partial charge on any atom is 0.0696 e. The second-order valence-electron chi connectivity index (χ2n) is 2.77. The second-order valence-corrected chi connectivity index (χ2v) is 4.09. The first-order valence-corrected chi connectivity index (χ1v) is 5.08. The molecule has 1 rings (SSSR count). The van der Waals surface area contributed by atoms with E-state index in [9.17, 15) is 0 Å². The summed E-state index contributed by atoms with van der Waals surface area (Å²) in [5, 5.41) is 9.71. The molecule has 1 unspecified atom stereocenters. The third-order valence-electron chi connectivity index (χ3n) is 1.51. The average molecular weight is 262 g/mol. The molecule has 0 saturated heterocycles. The van der Waals surface area contributed by atoms with Crippen molar-refractivity contribution in [3.05, 3.63) is 39.3 Å². The summed E-state index contributed by atoms with van der Waals surface area (Å²) in [7, 11) is 0. The van der Waals surface area contributed by atoms with Gasteiger partial charge < -0.3 is 5.11 Å². The minimum Gasteiger partial charge on any atom is -0.389 e. The van der Waals surface area contributed by atoms with Crippen LogP contribution in [0.5, 0.6) is 0 Å². The molecule has 0 spiro atoms. The van der Waals surface area contributed by atoms with Gasteiger partial charge in [-0.3, -0.25) is 0 Å². The molecule has 0 saturated carbocycles. The molecule has 0 aliphatic heterocycles. The van der Waals surface area contributed by atoms with Crippen molar-refractivity contribution in [1.82, 2.24) is 0 Å². The molecule has 0 bridgehead atoms. The lowest BCUT2D eigenvalue weighted by molar-refractivity contribution is 0.245. The highest BCUT2D eigenvalue weighted by atomic mass is 79.9. The molecule has 0 amide bonds. The number of halogens is 2. The van der Waals surface area contributed by atoms with Crippen molar-refractivity contribution in [2.24, 2.45) is 0 Å². The van der Waals surface area contributed by atoms with Crippen molar-refractivity contribution in [2.45, 2.75) is 13.0 Å². The minimum absolute atomic E-state index is 0.449. The predicted octanol–water partition coefficient (Wildman–Crippen LogP) is 3.50. The van der Waals surface area contributed by atoms with Gasteiger partial charge in [-0.1, -0.05) is 39.7 Å². The van der Waals surface area contributed by atoms with Gasteiger partial charge in [0.25, 0.3) is 0 Å². The molecule has 0 aliphatic rings. The van der Waals surface area contributed by atoms with Crippen molar-refractivity contribution < 1.29 is 5.11 Å². The van der Waals surface area contributed by atoms with Gasteiger partial charge in [0.1, 0.15) is 0 Å². The maximum atomic E-state index is 9.03. The van der Waals surface area contributed by atoms with E-state index in [1.165, 1.54) is 0 Å². The van der Waals surface area contributed by atoms with Crippen LogP contribution in [0.1, 0.15) is 12.5 Å². The molecule has 0 fully saturated rings. The van der Waals surface area contributed by atoms with E-state index in [0.29, 0.717) is 5.02 Å². The fourth-order valence-corrected chi connectivity index (χ4v) is 1.44. The van der Waals surface area contributed by atoms with Crippen molar-refractivity contribution in [3.63, 3.8) is 0 Å². The second kappa shape index (κ2) is 4.80. The fraction of sp³-hybridized carbons (Fsp3) is 0.200. The van der Waals surface area contributed by atoms with E-state index in [4.69, 9.17) is 16.7 Å². The number of benzene rings is 1. The lowest BCUT2D eigenvalue weighted by Gasteiger charge is -1.99. The van der Waals surface area contributed by atoms with Gasteiger partial charge in [0.2, 0.25) is 0 Å². The third-order valence-corrected chi connectivity index (χ3v) is 2.35. The Morgan fingerprint density at radius 1 is 1.54 bits per heavy atom. The molecule has 0 radical (unpaired) electrons. The lowest BCUT2D eigenvalue weighted by Crippen LogP contribution is -1.91. The van der Waals surface area contributed by atoms with Crippen molar-refractivity contribution in [2.75, 3.05) is 0 Å². The molecule has 3 heteroatoms. The molecule has 0 heterocycles. The summed E-state index contributed by atoms with van der Waals surface area (Å²) in [5.74, 6) is 0. The van der Waals surface area contributed by atoms with E-state index in [1.54, 1.807) is 19.1 Å². The van der Waals surface area contributed by atoms with Crippen molar-refractivity contribution in [3.8, 4) is 0 Å². The van der Waals surface area contributed by atoms with Crippen LogP contribution >= 0.6 is 27.5 Å². The number of hydrogen-bond donors (Lipinski definition) is 1. The van der Waals surface area contributed by atoms with Gasteiger partial charge in [-0.15, -0.1) is 0 Å². The highest BCUT2D eigenvalue weighted by Crippen LogP contribution is 2.22. The quantitative estimate of drug-likeness (QED) is 0.864. The third kappa shape index (κ3) is 3.51. The molecule has 0 aromatic heterocycles. The van der Waals surface area contributed by atoms with Gasteiger partial charge in [0.05, 0.1) is 6.10 Å². The van der Waals surface area contributed by atoms with Crippen molar-refractivity contribution in [1.29, 1.82) is 0 Å². The molecular weight excluding hydrogens is 251 g/mol. The highest BCUT2D eigenvalue weighted by Gasteiger charge is 1.97. The summed E-state index contributed by atoms with van der Waals surface area (Å²) in [5.41, 5.74) is 0.900. The van der Waals surface area contributed by atoms with E-state index in [-0.39, 0.29) is 0 Å². The summed E-state index contributed by atoms with van der Waals surface area (Å²) in [6.07, 6.45) is 3.04. The predicted molar refractivity (Wildman–Crippen MR) is 59.9 cm³/mol. The molecule has 13 heavy (non-hydrogen) atoms. The zero-order valence-electron chi connectivity index (χ0n) is 7.17. The van der Waals surface area contributed by atoms with Crippen LogP contribution in [0.3, 0.4) is 0 Å². The topological polar surface area (TPSA) is 20.2 Å². The number of aliphatic hydroxyl groups excluding tert-OH is 1. The zero-order chi connectivity index (χ0) is 9.84. The van der Waals surface area contributed by atoms with E-state index < -0.39 is 6.10 Å². The van der Waals surface area contributed by atoms with E-state index in [2.05, 4.69) is 15.9 Å². The van der Waals surface area contributed by atoms with E-state index in [1.807, 2.05) is 18.2 Å². The van der Waals surface area contributed by atoms with Gasteiger partial charge in [0.15, 0.2) is 0 Å². The highest BCUT2D eigenvalue weighted by molar-refractivity contribution is 9.10. The summed E-state index contributed by atoms with van der Waals surface area (Å²) in [6.45, 7) is 1.70. The van der Waals surface area contributed by atoms with Gasteiger partial charge in [-0.2, -0.15) is 0 Å². The van der Waals surface area contributed by atoms with Crippen molar-refractivity contribution >= 4 is 33.6 Å². The first-order chi connectivity index (χ1) is 6.09. The Balaban J connectivity index is 2.93. The zero-order valence-corrected chi connectivity index (χ0v) is 9.51. The first-order valence-electron chi connectivity index (χ1n) is 3.91. The number of rotatable bonds is 2. The van der Waals surface area contributed by atoms with Crippen LogP contribution in [-0.4, -0.2) is 11.2 Å². The molecule has 1 atom stereocenters. The largest absolute Gasteiger partial charge is 0.389 e. The van der Waals surface area contributed by atoms with Gasteiger partial charge >= 0.3 is 0 Å². The Bertz CT molecular complexity index is 321. The molecule has 1 aromatic carbocycles. The minimum atomic E-state index is -0.449. The van der Waals surface area contributed by atoms with Crippen LogP contribution in [0.15, 0.2) is 28.7 Å². The summed E-state index contributed by atoms with van der Waals surface area (Å²) in [6, 6.07) is 5.59. The molecule has 1 N–H and O–H groups in total. The van der Waals surface area contributed by atoms with E-state index in [0.717, 1.165) is 10.0 Å². The Hall–Kier alpha value is -0.310. The Kier molecular flexibility index (Phi) is 3.97. The summed E-state index contributed by atoms with van der Waals surface area (Å²) >= 11 is 9.27. The van der Waals surface area contributed by atoms with Crippen LogP contribution in [-0.2, 0) is 0 Å². The number of hydrogen-bond acceptors (Lipinski definition) is 1. The lowest BCUT2D eigenvalue weighted by atomic mass is 10.2. The van der Waals surface area contributed by atoms with Crippen LogP contribution in [0.2, 0.25) is 5.02 Å². The van der Waals surface area contributed by atoms with Crippen LogP contribution in [0, 0.1) is 0 Å². The SMILES string of the molecule is CC(O)/C=C/c1cc(Br)ccc1Cl. The Morgan fingerprint density at radius 2 is 2.23 bits per heavy atom. The average Bonchev–Trinajstić information content (AvgIpc) is 2.06. The van der Waals surface area contributed by atoms with Gasteiger partial charge in [-0.05, 0) is 30.7 Å². The maximum absolute atomic E-state index is 9.03. The number of aliphatic hydroxyl groups is 1. The molecule has 0 aliphatic carbocycles. The van der Waals surface area contributed by atoms with Crippen LogP contribution in [0.25, 0.3) is 6.08 Å². The Labute approximate surface area is 91.2 Å². The summed E-state index contributed by atoms with van der Waals surface area (Å²) < 4.78 is 0.974.